The number of hydrogen-bond donors (Lipinski definition) is 1. The van der Waals surface area contributed by atoms with E-state index in [-0.39, 0.29) is 29.7 Å². The second-order valence-electron chi connectivity index (χ2n) is 11.4. The van der Waals surface area contributed by atoms with Crippen molar-refractivity contribution < 1.29 is 14.4 Å². The Balaban J connectivity index is 1.38. The van der Waals surface area contributed by atoms with Gasteiger partial charge in [-0.2, -0.15) is 0 Å². The minimum atomic E-state index is -0.719. The van der Waals surface area contributed by atoms with Gasteiger partial charge in [0.15, 0.2) is 0 Å². The average Bonchev–Trinajstić information content (AvgIpc) is 3.51. The summed E-state index contributed by atoms with van der Waals surface area (Å²) >= 11 is 0. The van der Waals surface area contributed by atoms with Crippen molar-refractivity contribution >= 4 is 17.7 Å². The molecule has 3 aliphatic heterocycles. The zero-order chi connectivity index (χ0) is 26.0. The highest BCUT2D eigenvalue weighted by Gasteiger charge is 2.72. The smallest absolute Gasteiger partial charge is 0.245 e. The summed E-state index contributed by atoms with van der Waals surface area (Å²) < 4.78 is 0. The summed E-state index contributed by atoms with van der Waals surface area (Å²) in [5, 5.41) is 3.15. The highest BCUT2D eigenvalue weighted by molar-refractivity contribution is 5.98. The number of hydrogen-bond acceptors (Lipinski definition) is 3. The molecule has 2 aromatic rings. The van der Waals surface area contributed by atoms with E-state index >= 15 is 0 Å². The number of amides is 3. The molecule has 1 spiro atoms. The van der Waals surface area contributed by atoms with Crippen molar-refractivity contribution in [1.29, 1.82) is 0 Å². The summed E-state index contributed by atoms with van der Waals surface area (Å²) in [6, 6.07) is 19.6. The molecule has 3 amide bonds. The molecule has 0 unspecified atom stereocenters. The molecule has 4 atom stereocenters. The molecule has 37 heavy (non-hydrogen) atoms. The summed E-state index contributed by atoms with van der Waals surface area (Å²) in [5.74, 6) is 0.178. The average molecular weight is 502 g/mol. The van der Waals surface area contributed by atoms with Crippen molar-refractivity contribution in [3.8, 4) is 0 Å². The molecule has 0 saturated carbocycles. The van der Waals surface area contributed by atoms with Crippen LogP contribution in [0, 0.1) is 11.8 Å². The second kappa shape index (κ2) is 10.7. The lowest BCUT2D eigenvalue weighted by Crippen LogP contribution is -2.61. The van der Waals surface area contributed by atoms with Crippen molar-refractivity contribution in [2.75, 3.05) is 13.1 Å². The van der Waals surface area contributed by atoms with Crippen LogP contribution >= 0.6 is 0 Å². The van der Waals surface area contributed by atoms with Gasteiger partial charge in [0.05, 0.1) is 11.5 Å². The summed E-state index contributed by atoms with van der Waals surface area (Å²) in [5.41, 5.74) is 1.58. The molecule has 3 aliphatic rings. The van der Waals surface area contributed by atoms with Crippen LogP contribution in [0.15, 0.2) is 60.7 Å². The van der Waals surface area contributed by atoms with Gasteiger partial charge in [-0.05, 0) is 55.6 Å². The minimum absolute atomic E-state index is 0.0593. The van der Waals surface area contributed by atoms with Crippen molar-refractivity contribution in [1.82, 2.24) is 15.1 Å². The number of rotatable bonds is 10. The third-order valence-corrected chi connectivity index (χ3v) is 8.66. The van der Waals surface area contributed by atoms with Gasteiger partial charge in [-0.3, -0.25) is 14.4 Å². The van der Waals surface area contributed by atoms with Crippen LogP contribution in [0.2, 0.25) is 0 Å². The van der Waals surface area contributed by atoms with Crippen LogP contribution in [-0.4, -0.2) is 58.2 Å². The van der Waals surface area contributed by atoms with Gasteiger partial charge in [0.25, 0.3) is 0 Å². The second-order valence-corrected chi connectivity index (χ2v) is 11.4. The molecule has 3 heterocycles. The topological polar surface area (TPSA) is 69.7 Å². The summed E-state index contributed by atoms with van der Waals surface area (Å²) in [4.78, 5) is 45.2. The van der Waals surface area contributed by atoms with Crippen LogP contribution in [0.5, 0.6) is 0 Å². The van der Waals surface area contributed by atoms with Crippen molar-refractivity contribution in [2.45, 2.75) is 76.4 Å². The fourth-order valence-corrected chi connectivity index (χ4v) is 6.93. The standard InChI is InChI=1S/C31H39N3O3/c1-22(2)17-20-33-28(29(36)32-19-16-24-11-7-4-8-12-24)31-18-15-25(21-26(31)30(33)37)34(31)27(35)14-13-23-9-5-3-6-10-23/h3-12,22,25-26,28H,13-21H2,1-2H3,(H,32,36)/t25-,26+,28-,31+/m0/s1. The van der Waals surface area contributed by atoms with Gasteiger partial charge in [0, 0.05) is 25.6 Å². The SMILES string of the molecule is CC(C)CCN1C(=O)[C@H]2C[C@@H]3CC[C@@]2([C@@H]1C(=O)NCCc1ccccc1)N3C(=O)CCc1ccccc1. The zero-order valence-corrected chi connectivity index (χ0v) is 22.1. The molecule has 6 nitrogen and oxygen atoms in total. The van der Waals surface area contributed by atoms with Crippen molar-refractivity contribution in [2.24, 2.45) is 11.8 Å². The lowest BCUT2D eigenvalue weighted by Gasteiger charge is -2.40. The van der Waals surface area contributed by atoms with E-state index in [1.54, 1.807) is 0 Å². The molecule has 5 rings (SSSR count). The maximum absolute atomic E-state index is 13.9. The van der Waals surface area contributed by atoms with Crippen LogP contribution in [-0.2, 0) is 27.2 Å². The van der Waals surface area contributed by atoms with Gasteiger partial charge in [0.1, 0.15) is 6.04 Å². The van der Waals surface area contributed by atoms with E-state index in [2.05, 4.69) is 31.3 Å². The number of benzene rings is 2. The third-order valence-electron chi connectivity index (χ3n) is 8.66. The van der Waals surface area contributed by atoms with Gasteiger partial charge in [-0.1, -0.05) is 74.5 Å². The van der Waals surface area contributed by atoms with Gasteiger partial charge < -0.3 is 15.1 Å². The fraction of sp³-hybridized carbons (Fsp3) is 0.516. The molecule has 3 fully saturated rings. The fourth-order valence-electron chi connectivity index (χ4n) is 6.93. The molecular formula is C31H39N3O3. The maximum atomic E-state index is 13.9. The first-order valence-electron chi connectivity index (χ1n) is 13.9. The summed E-state index contributed by atoms with van der Waals surface area (Å²) in [6.45, 7) is 5.35. The lowest BCUT2D eigenvalue weighted by atomic mass is 9.75. The third kappa shape index (κ3) is 4.78. The predicted molar refractivity (Wildman–Crippen MR) is 144 cm³/mol. The predicted octanol–water partition coefficient (Wildman–Crippen LogP) is 3.98. The van der Waals surface area contributed by atoms with E-state index in [0.29, 0.717) is 38.3 Å². The van der Waals surface area contributed by atoms with E-state index < -0.39 is 11.6 Å². The summed E-state index contributed by atoms with van der Waals surface area (Å²) in [6.07, 6.45) is 4.92. The Labute approximate surface area is 220 Å². The normalized spacial score (nSPS) is 26.1. The lowest BCUT2D eigenvalue weighted by molar-refractivity contribution is -0.142. The number of nitrogens with zero attached hydrogens (tertiary/aromatic N) is 2. The molecule has 1 N–H and O–H groups in total. The highest BCUT2D eigenvalue weighted by atomic mass is 16.2. The highest BCUT2D eigenvalue weighted by Crippen LogP contribution is 2.57. The van der Waals surface area contributed by atoms with Crippen LogP contribution < -0.4 is 5.32 Å². The van der Waals surface area contributed by atoms with E-state index in [9.17, 15) is 14.4 Å². The summed E-state index contributed by atoms with van der Waals surface area (Å²) in [7, 11) is 0. The molecule has 6 heteroatoms. The first kappa shape index (κ1) is 25.5. The van der Waals surface area contributed by atoms with Crippen LogP contribution in [0.1, 0.15) is 57.1 Å². The molecular weight excluding hydrogens is 462 g/mol. The van der Waals surface area contributed by atoms with Gasteiger partial charge >= 0.3 is 0 Å². The Morgan fingerprint density at radius 3 is 2.30 bits per heavy atom. The molecule has 0 aliphatic carbocycles. The van der Waals surface area contributed by atoms with E-state index in [1.165, 1.54) is 0 Å². The number of carbonyl (C=O) groups excluding carboxylic acids is 3. The van der Waals surface area contributed by atoms with Crippen molar-refractivity contribution in [3.05, 3.63) is 71.8 Å². The van der Waals surface area contributed by atoms with E-state index in [1.807, 2.05) is 58.3 Å². The molecule has 0 radical (unpaired) electrons. The quantitative estimate of drug-likeness (QED) is 0.535. The number of fused-ring (bicyclic) bond motifs is 1. The van der Waals surface area contributed by atoms with Gasteiger partial charge in [0.2, 0.25) is 17.7 Å². The van der Waals surface area contributed by atoms with Crippen molar-refractivity contribution in [3.63, 3.8) is 0 Å². The van der Waals surface area contributed by atoms with E-state index in [4.69, 9.17) is 0 Å². The minimum Gasteiger partial charge on any atom is -0.354 e. The Hall–Kier alpha value is -3.15. The molecule has 2 bridgehead atoms. The van der Waals surface area contributed by atoms with Gasteiger partial charge in [-0.25, -0.2) is 0 Å². The first-order valence-corrected chi connectivity index (χ1v) is 13.9. The monoisotopic (exact) mass is 501 g/mol. The maximum Gasteiger partial charge on any atom is 0.245 e. The molecule has 0 aromatic heterocycles. The Morgan fingerprint density at radius 2 is 1.65 bits per heavy atom. The number of nitrogens with one attached hydrogen (secondary N) is 1. The van der Waals surface area contributed by atoms with Crippen LogP contribution in [0.4, 0.5) is 0 Å². The Bertz CT molecular complexity index is 1120. The van der Waals surface area contributed by atoms with E-state index in [0.717, 1.165) is 36.8 Å². The van der Waals surface area contributed by atoms with Crippen LogP contribution in [0.3, 0.4) is 0 Å². The Kier molecular flexibility index (Phi) is 7.36. The molecule has 196 valence electrons. The Morgan fingerprint density at radius 1 is 1.00 bits per heavy atom. The number of carbonyl (C=O) groups is 3. The van der Waals surface area contributed by atoms with Gasteiger partial charge in [-0.15, -0.1) is 0 Å². The number of likely N-dealkylation sites (tertiary alicyclic amines) is 1. The molecule has 2 aromatic carbocycles. The molecule has 3 saturated heterocycles. The number of aryl methyl sites for hydroxylation is 1. The zero-order valence-electron chi connectivity index (χ0n) is 22.1. The first-order chi connectivity index (χ1) is 17.9. The van der Waals surface area contributed by atoms with Crippen LogP contribution in [0.25, 0.3) is 0 Å². The largest absolute Gasteiger partial charge is 0.354 e.